The zero-order chi connectivity index (χ0) is 17.2. The molecule has 0 N–H and O–H groups in total. The zero-order valence-corrected chi connectivity index (χ0v) is 14.9. The van der Waals surface area contributed by atoms with Gasteiger partial charge in [-0.05, 0) is 50.5 Å². The summed E-state index contributed by atoms with van der Waals surface area (Å²) < 4.78 is 2.18. The fraction of sp³-hybridized carbons (Fsp3) is 0.550. The lowest BCUT2D eigenvalue weighted by Crippen LogP contribution is -2.40. The highest BCUT2D eigenvalue weighted by Crippen LogP contribution is 2.34. The summed E-state index contributed by atoms with van der Waals surface area (Å²) in [5.74, 6) is 1.95. The molecule has 0 radical (unpaired) electrons. The van der Waals surface area contributed by atoms with Crippen molar-refractivity contribution in [3.05, 3.63) is 47.5 Å². The standard InChI is InChI=1S/C20H26N4O/c1-15-5-7-16(8-6-15)12-19(25)24-11-3-2-4-18(24)20-22-21-14-23(20)13-17-9-10-17/h5-8,14,17-18H,2-4,9-13H2,1H3/t18-/m1/s1. The highest BCUT2D eigenvalue weighted by atomic mass is 16.2. The molecule has 1 saturated carbocycles. The fourth-order valence-electron chi connectivity index (χ4n) is 3.72. The molecule has 1 aromatic carbocycles. The second-order valence-corrected chi connectivity index (χ2v) is 7.55. The maximum atomic E-state index is 13.0. The number of hydrogen-bond acceptors (Lipinski definition) is 3. The molecule has 1 aliphatic carbocycles. The summed E-state index contributed by atoms with van der Waals surface area (Å²) in [5.41, 5.74) is 2.31. The van der Waals surface area contributed by atoms with E-state index in [0.717, 1.165) is 49.7 Å². The number of aromatic nitrogens is 3. The van der Waals surface area contributed by atoms with Crippen molar-refractivity contribution < 1.29 is 4.79 Å². The molecule has 1 aromatic heterocycles. The van der Waals surface area contributed by atoms with Gasteiger partial charge in [0.05, 0.1) is 12.5 Å². The van der Waals surface area contributed by atoms with E-state index in [1.807, 2.05) is 11.2 Å². The monoisotopic (exact) mass is 338 g/mol. The van der Waals surface area contributed by atoms with Gasteiger partial charge in [-0.15, -0.1) is 10.2 Å². The predicted molar refractivity (Wildman–Crippen MR) is 95.9 cm³/mol. The zero-order valence-electron chi connectivity index (χ0n) is 14.9. The van der Waals surface area contributed by atoms with Crippen molar-refractivity contribution in [2.75, 3.05) is 6.54 Å². The molecule has 1 atom stereocenters. The smallest absolute Gasteiger partial charge is 0.227 e. The average molecular weight is 338 g/mol. The van der Waals surface area contributed by atoms with E-state index in [4.69, 9.17) is 0 Å². The Morgan fingerprint density at radius 3 is 2.72 bits per heavy atom. The normalized spacial score (nSPS) is 20.7. The number of nitrogens with zero attached hydrogens (tertiary/aromatic N) is 4. The Bertz CT molecular complexity index is 732. The summed E-state index contributed by atoms with van der Waals surface area (Å²) >= 11 is 0. The molecule has 1 aliphatic heterocycles. The van der Waals surface area contributed by atoms with Crippen LogP contribution < -0.4 is 0 Å². The molecule has 5 nitrogen and oxygen atoms in total. The average Bonchev–Trinajstić information content (AvgIpc) is 3.32. The Morgan fingerprint density at radius 1 is 1.16 bits per heavy atom. The number of aryl methyl sites for hydroxylation is 1. The number of hydrogen-bond donors (Lipinski definition) is 0. The topological polar surface area (TPSA) is 51.0 Å². The fourth-order valence-corrected chi connectivity index (χ4v) is 3.72. The first-order valence-corrected chi connectivity index (χ1v) is 9.43. The summed E-state index contributed by atoms with van der Waals surface area (Å²) in [6.07, 6.45) is 8.13. The maximum absolute atomic E-state index is 13.0. The number of benzene rings is 1. The van der Waals surface area contributed by atoms with Crippen LogP contribution in [0.5, 0.6) is 0 Å². The molecule has 0 spiro atoms. The van der Waals surface area contributed by atoms with Gasteiger partial charge in [0.15, 0.2) is 5.82 Å². The molecule has 25 heavy (non-hydrogen) atoms. The van der Waals surface area contributed by atoms with Crippen LogP contribution in [0.4, 0.5) is 0 Å². The van der Waals surface area contributed by atoms with Crippen molar-refractivity contribution in [1.29, 1.82) is 0 Å². The number of carbonyl (C=O) groups excluding carboxylic acids is 1. The van der Waals surface area contributed by atoms with Gasteiger partial charge in [0, 0.05) is 13.1 Å². The summed E-state index contributed by atoms with van der Waals surface area (Å²) in [6.45, 7) is 3.89. The lowest BCUT2D eigenvalue weighted by atomic mass is 9.99. The number of rotatable bonds is 5. The van der Waals surface area contributed by atoms with Crippen LogP contribution in [-0.4, -0.2) is 32.1 Å². The Hall–Kier alpha value is -2.17. The van der Waals surface area contributed by atoms with E-state index in [0.29, 0.717) is 6.42 Å². The lowest BCUT2D eigenvalue weighted by Gasteiger charge is -2.35. The molecule has 5 heteroatoms. The van der Waals surface area contributed by atoms with Crippen molar-refractivity contribution in [3.8, 4) is 0 Å². The van der Waals surface area contributed by atoms with Crippen LogP contribution in [0.25, 0.3) is 0 Å². The molecule has 1 saturated heterocycles. The number of carbonyl (C=O) groups is 1. The van der Waals surface area contributed by atoms with E-state index in [1.54, 1.807) is 0 Å². The van der Waals surface area contributed by atoms with E-state index < -0.39 is 0 Å². The Morgan fingerprint density at radius 2 is 1.96 bits per heavy atom. The molecule has 4 rings (SSSR count). The summed E-state index contributed by atoms with van der Waals surface area (Å²) in [7, 11) is 0. The van der Waals surface area contributed by atoms with Gasteiger partial charge in [-0.2, -0.15) is 0 Å². The summed E-state index contributed by atoms with van der Waals surface area (Å²) in [5, 5.41) is 8.53. The molecule has 0 unspecified atom stereocenters. The van der Waals surface area contributed by atoms with Crippen LogP contribution >= 0.6 is 0 Å². The van der Waals surface area contributed by atoms with E-state index in [1.165, 1.54) is 18.4 Å². The summed E-state index contributed by atoms with van der Waals surface area (Å²) in [4.78, 5) is 15.0. The van der Waals surface area contributed by atoms with Gasteiger partial charge in [-0.3, -0.25) is 4.79 Å². The molecular weight excluding hydrogens is 312 g/mol. The first-order chi connectivity index (χ1) is 12.2. The number of piperidine rings is 1. The molecule has 2 heterocycles. The van der Waals surface area contributed by atoms with Gasteiger partial charge in [0.25, 0.3) is 0 Å². The van der Waals surface area contributed by atoms with E-state index in [2.05, 4.69) is 46.0 Å². The van der Waals surface area contributed by atoms with Crippen LogP contribution in [0.1, 0.15) is 55.1 Å². The minimum absolute atomic E-state index is 0.0768. The van der Waals surface area contributed by atoms with Crippen LogP contribution in [0, 0.1) is 12.8 Å². The second-order valence-electron chi connectivity index (χ2n) is 7.55. The van der Waals surface area contributed by atoms with Crippen LogP contribution in [0.2, 0.25) is 0 Å². The Labute approximate surface area is 149 Å². The first kappa shape index (κ1) is 16.3. The molecule has 132 valence electrons. The van der Waals surface area contributed by atoms with Gasteiger partial charge in [0.1, 0.15) is 6.33 Å². The highest BCUT2D eigenvalue weighted by Gasteiger charge is 2.32. The largest absolute Gasteiger partial charge is 0.332 e. The second kappa shape index (κ2) is 6.98. The highest BCUT2D eigenvalue weighted by molar-refractivity contribution is 5.79. The van der Waals surface area contributed by atoms with Gasteiger partial charge in [-0.1, -0.05) is 29.8 Å². The Kier molecular flexibility index (Phi) is 4.55. The van der Waals surface area contributed by atoms with Crippen molar-refractivity contribution in [3.63, 3.8) is 0 Å². The maximum Gasteiger partial charge on any atom is 0.227 e. The van der Waals surface area contributed by atoms with Crippen molar-refractivity contribution in [1.82, 2.24) is 19.7 Å². The van der Waals surface area contributed by atoms with E-state index >= 15 is 0 Å². The van der Waals surface area contributed by atoms with Crippen molar-refractivity contribution in [2.45, 2.75) is 58.0 Å². The Balaban J connectivity index is 1.51. The van der Waals surface area contributed by atoms with Crippen LogP contribution in [0.15, 0.2) is 30.6 Å². The van der Waals surface area contributed by atoms with Gasteiger partial charge < -0.3 is 9.47 Å². The van der Waals surface area contributed by atoms with Gasteiger partial charge in [-0.25, -0.2) is 0 Å². The minimum Gasteiger partial charge on any atom is -0.332 e. The third-order valence-electron chi connectivity index (χ3n) is 5.39. The predicted octanol–water partition coefficient (Wildman–Crippen LogP) is 3.29. The van der Waals surface area contributed by atoms with Crippen LogP contribution in [-0.2, 0) is 17.8 Å². The van der Waals surface area contributed by atoms with Crippen LogP contribution in [0.3, 0.4) is 0 Å². The molecule has 2 aromatic rings. The number of amides is 1. The van der Waals surface area contributed by atoms with Gasteiger partial charge in [0.2, 0.25) is 5.91 Å². The minimum atomic E-state index is 0.0768. The van der Waals surface area contributed by atoms with E-state index in [-0.39, 0.29) is 11.9 Å². The third-order valence-corrected chi connectivity index (χ3v) is 5.39. The molecule has 0 bridgehead atoms. The van der Waals surface area contributed by atoms with Crippen molar-refractivity contribution >= 4 is 5.91 Å². The SMILES string of the molecule is Cc1ccc(CC(=O)N2CCCC[C@@H]2c2nncn2CC2CC2)cc1. The van der Waals surface area contributed by atoms with E-state index in [9.17, 15) is 4.79 Å². The molecule has 2 aliphatic rings. The lowest BCUT2D eigenvalue weighted by molar-refractivity contribution is -0.134. The molecular formula is C20H26N4O. The van der Waals surface area contributed by atoms with Crippen molar-refractivity contribution in [2.24, 2.45) is 5.92 Å². The summed E-state index contributed by atoms with van der Waals surface area (Å²) in [6, 6.07) is 8.34. The first-order valence-electron chi connectivity index (χ1n) is 9.43. The van der Waals surface area contributed by atoms with Gasteiger partial charge >= 0.3 is 0 Å². The quantitative estimate of drug-likeness (QED) is 0.840. The molecule has 2 fully saturated rings. The third kappa shape index (κ3) is 3.75. The number of likely N-dealkylation sites (tertiary alicyclic amines) is 1. The molecule has 1 amide bonds.